The number of carbonyl (C=O) groups excluding carboxylic acids is 3. The Bertz CT molecular complexity index is 1130. The molecule has 1 aromatic carbocycles. The quantitative estimate of drug-likeness (QED) is 0.288. The number of ether oxygens (including phenoxy) is 2. The zero-order valence-electron chi connectivity index (χ0n) is 14.9. The van der Waals surface area contributed by atoms with Crippen molar-refractivity contribution in [2.24, 2.45) is 0 Å². The fourth-order valence-electron chi connectivity index (χ4n) is 2.99. The Kier molecular flexibility index (Phi) is 4.90. The molecule has 0 unspecified atom stereocenters. The van der Waals surface area contributed by atoms with Gasteiger partial charge in [0.1, 0.15) is 22.4 Å². The van der Waals surface area contributed by atoms with Crippen LogP contribution in [0.1, 0.15) is 36.8 Å². The molecule has 9 heteroatoms. The molecule has 3 aromatic rings. The van der Waals surface area contributed by atoms with Gasteiger partial charge in [-0.25, -0.2) is 9.59 Å². The lowest BCUT2D eigenvalue weighted by Crippen LogP contribution is -2.16. The average molecular weight is 382 g/mol. The highest BCUT2D eigenvalue weighted by molar-refractivity contribution is 6.20. The van der Waals surface area contributed by atoms with Gasteiger partial charge in [-0.1, -0.05) is 18.2 Å². The molecule has 0 saturated heterocycles. The smallest absolute Gasteiger partial charge is 0.341 e. The minimum Gasteiger partial charge on any atom is -0.465 e. The van der Waals surface area contributed by atoms with Gasteiger partial charge < -0.3 is 13.9 Å². The van der Waals surface area contributed by atoms with E-state index in [0.717, 1.165) is 14.2 Å². The Balaban J connectivity index is 2.41. The van der Waals surface area contributed by atoms with Crippen LogP contribution in [0.15, 0.2) is 48.7 Å². The van der Waals surface area contributed by atoms with Crippen LogP contribution in [0.4, 0.5) is 5.69 Å². The highest BCUT2D eigenvalue weighted by Crippen LogP contribution is 2.30. The summed E-state index contributed by atoms with van der Waals surface area (Å²) in [4.78, 5) is 48.7. The van der Waals surface area contributed by atoms with Crippen LogP contribution in [0, 0.1) is 10.1 Å². The molecule has 0 aliphatic rings. The summed E-state index contributed by atoms with van der Waals surface area (Å²) in [5, 5.41) is 11.3. The summed E-state index contributed by atoms with van der Waals surface area (Å²) in [6.45, 7) is 0. The first-order valence-electron chi connectivity index (χ1n) is 8.00. The minimum absolute atomic E-state index is 0.156. The Hall–Kier alpha value is -4.01. The van der Waals surface area contributed by atoms with Crippen LogP contribution in [0.3, 0.4) is 0 Å². The van der Waals surface area contributed by atoms with Crippen molar-refractivity contribution in [1.29, 1.82) is 0 Å². The van der Waals surface area contributed by atoms with Gasteiger partial charge in [0, 0.05) is 12.3 Å². The van der Waals surface area contributed by atoms with Gasteiger partial charge in [0.25, 0.3) is 5.69 Å². The molecule has 0 amide bonds. The van der Waals surface area contributed by atoms with E-state index in [-0.39, 0.29) is 27.9 Å². The van der Waals surface area contributed by atoms with Crippen LogP contribution in [0.2, 0.25) is 0 Å². The molecule has 0 aliphatic heterocycles. The molecule has 0 fully saturated rings. The number of ketones is 1. The second kappa shape index (κ2) is 7.31. The van der Waals surface area contributed by atoms with Gasteiger partial charge in [0.2, 0.25) is 5.78 Å². The minimum atomic E-state index is -0.939. The number of benzene rings is 1. The average Bonchev–Trinajstić information content (AvgIpc) is 3.07. The Morgan fingerprint density at radius 2 is 1.54 bits per heavy atom. The van der Waals surface area contributed by atoms with E-state index in [4.69, 9.17) is 9.47 Å². The van der Waals surface area contributed by atoms with Crippen LogP contribution in [0.25, 0.3) is 5.52 Å². The third-order valence-electron chi connectivity index (χ3n) is 4.18. The number of aromatic nitrogens is 1. The highest BCUT2D eigenvalue weighted by atomic mass is 16.6. The number of hydrogen-bond acceptors (Lipinski definition) is 7. The number of fused-ring (bicyclic) bond motifs is 1. The summed E-state index contributed by atoms with van der Waals surface area (Å²) in [5.74, 6) is -2.58. The van der Waals surface area contributed by atoms with Crippen molar-refractivity contribution in [3.63, 3.8) is 0 Å². The molecule has 0 N–H and O–H groups in total. The summed E-state index contributed by atoms with van der Waals surface area (Å²) in [7, 11) is 2.24. The van der Waals surface area contributed by atoms with Gasteiger partial charge in [0.15, 0.2) is 0 Å². The van der Waals surface area contributed by atoms with Gasteiger partial charge in [-0.15, -0.1) is 0 Å². The van der Waals surface area contributed by atoms with Gasteiger partial charge in [0.05, 0.1) is 24.7 Å². The van der Waals surface area contributed by atoms with Gasteiger partial charge in [-0.2, -0.15) is 0 Å². The SMILES string of the molecule is COC(=O)c1c(C(=O)OC)c2ccccn2c1C(=O)c1ccccc1[N+](=O)[O-]. The van der Waals surface area contributed by atoms with Gasteiger partial charge in [-0.05, 0) is 18.2 Å². The highest BCUT2D eigenvalue weighted by Gasteiger charge is 2.34. The lowest BCUT2D eigenvalue weighted by molar-refractivity contribution is -0.385. The predicted octanol–water partition coefficient (Wildman–Crippen LogP) is 2.65. The second-order valence-corrected chi connectivity index (χ2v) is 5.64. The number of para-hydroxylation sites is 1. The number of nitro benzene ring substituents is 1. The molecular formula is C19H14N2O7. The van der Waals surface area contributed by atoms with Crippen molar-refractivity contribution < 1.29 is 28.8 Å². The van der Waals surface area contributed by atoms with E-state index in [2.05, 4.69) is 0 Å². The molecule has 0 spiro atoms. The largest absolute Gasteiger partial charge is 0.465 e. The lowest BCUT2D eigenvalue weighted by atomic mass is 10.0. The fraction of sp³-hybridized carbons (Fsp3) is 0.105. The summed E-state index contributed by atoms with van der Waals surface area (Å²) in [6, 6.07) is 10.1. The third kappa shape index (κ3) is 2.88. The standard InChI is InChI=1S/C19H14N2O7/c1-27-18(23)14-13-9-5-6-10-20(13)16(15(14)19(24)28-2)17(22)11-7-3-4-8-12(11)21(25)26/h3-10H,1-2H3. The first-order valence-corrected chi connectivity index (χ1v) is 8.00. The van der Waals surface area contributed by atoms with E-state index in [9.17, 15) is 24.5 Å². The molecule has 9 nitrogen and oxygen atoms in total. The van der Waals surface area contributed by atoms with E-state index in [1.807, 2.05) is 0 Å². The van der Waals surface area contributed by atoms with E-state index in [1.165, 1.54) is 40.9 Å². The lowest BCUT2D eigenvalue weighted by Gasteiger charge is -2.06. The predicted molar refractivity (Wildman–Crippen MR) is 96.6 cm³/mol. The molecule has 3 rings (SSSR count). The number of carbonyl (C=O) groups is 3. The fourth-order valence-corrected chi connectivity index (χ4v) is 2.99. The number of rotatable bonds is 5. The van der Waals surface area contributed by atoms with Crippen LogP contribution in [0.5, 0.6) is 0 Å². The zero-order valence-corrected chi connectivity index (χ0v) is 14.9. The van der Waals surface area contributed by atoms with E-state index in [0.29, 0.717) is 0 Å². The first-order chi connectivity index (χ1) is 13.4. The maximum atomic E-state index is 13.3. The van der Waals surface area contributed by atoms with Crippen LogP contribution in [-0.4, -0.2) is 41.3 Å². The zero-order chi connectivity index (χ0) is 20.4. The Labute approximate surface area is 158 Å². The molecule has 0 radical (unpaired) electrons. The van der Waals surface area contributed by atoms with E-state index < -0.39 is 28.3 Å². The maximum absolute atomic E-state index is 13.3. The maximum Gasteiger partial charge on any atom is 0.341 e. The summed E-state index contributed by atoms with van der Waals surface area (Å²) in [5.41, 5.74) is -1.11. The molecule has 0 atom stereocenters. The molecular weight excluding hydrogens is 368 g/mol. The van der Waals surface area contributed by atoms with Crippen molar-refractivity contribution in [1.82, 2.24) is 4.40 Å². The Morgan fingerprint density at radius 1 is 0.929 bits per heavy atom. The number of nitro groups is 1. The van der Waals surface area contributed by atoms with E-state index >= 15 is 0 Å². The first kappa shape index (κ1) is 18.8. The molecule has 0 aliphatic carbocycles. The topological polar surface area (TPSA) is 117 Å². The Morgan fingerprint density at radius 3 is 2.18 bits per heavy atom. The monoisotopic (exact) mass is 382 g/mol. The van der Waals surface area contributed by atoms with Gasteiger partial charge >= 0.3 is 11.9 Å². The third-order valence-corrected chi connectivity index (χ3v) is 4.18. The number of nitrogens with zero attached hydrogens (tertiary/aromatic N) is 2. The molecule has 142 valence electrons. The normalized spacial score (nSPS) is 10.5. The summed E-state index contributed by atoms with van der Waals surface area (Å²) in [6.07, 6.45) is 1.47. The van der Waals surface area contributed by atoms with Crippen molar-refractivity contribution in [3.05, 3.63) is 81.2 Å². The van der Waals surface area contributed by atoms with Crippen molar-refractivity contribution >= 4 is 28.9 Å². The molecule has 2 aromatic heterocycles. The molecule has 28 heavy (non-hydrogen) atoms. The number of hydrogen-bond donors (Lipinski definition) is 0. The van der Waals surface area contributed by atoms with Crippen LogP contribution < -0.4 is 0 Å². The second-order valence-electron chi connectivity index (χ2n) is 5.64. The van der Waals surface area contributed by atoms with Crippen LogP contribution in [-0.2, 0) is 9.47 Å². The number of pyridine rings is 1. The van der Waals surface area contributed by atoms with Gasteiger partial charge in [-0.3, -0.25) is 14.9 Å². The summed E-state index contributed by atoms with van der Waals surface area (Å²) < 4.78 is 10.8. The molecule has 2 heterocycles. The molecule has 0 saturated carbocycles. The van der Waals surface area contributed by atoms with Crippen molar-refractivity contribution in [2.45, 2.75) is 0 Å². The van der Waals surface area contributed by atoms with Crippen molar-refractivity contribution in [3.8, 4) is 0 Å². The molecule has 0 bridgehead atoms. The van der Waals surface area contributed by atoms with E-state index in [1.54, 1.807) is 12.1 Å². The summed E-state index contributed by atoms with van der Waals surface area (Å²) >= 11 is 0. The van der Waals surface area contributed by atoms with Crippen molar-refractivity contribution in [2.75, 3.05) is 14.2 Å². The van der Waals surface area contributed by atoms with Crippen LogP contribution >= 0.6 is 0 Å². The number of esters is 2. The number of methoxy groups -OCH3 is 2.